The van der Waals surface area contributed by atoms with Gasteiger partial charge < -0.3 is 10.1 Å². The van der Waals surface area contributed by atoms with E-state index < -0.39 is 4.92 Å². The van der Waals surface area contributed by atoms with Crippen LogP contribution in [0.1, 0.15) is 18.4 Å². The molecule has 0 radical (unpaired) electrons. The molecule has 134 valence electrons. The number of carbonyl (C=O) groups excluding carboxylic acids is 1. The summed E-state index contributed by atoms with van der Waals surface area (Å²) in [6.07, 6.45) is 8.25. The van der Waals surface area contributed by atoms with E-state index in [1.165, 1.54) is 18.2 Å². The highest BCUT2D eigenvalue weighted by Gasteiger charge is 2.15. The van der Waals surface area contributed by atoms with Gasteiger partial charge in [0.05, 0.1) is 11.0 Å². The van der Waals surface area contributed by atoms with E-state index in [0.29, 0.717) is 23.5 Å². The minimum absolute atomic E-state index is 0.0158. The van der Waals surface area contributed by atoms with Gasteiger partial charge in [-0.2, -0.15) is 0 Å². The lowest BCUT2D eigenvalue weighted by atomic mass is 10.2. The van der Waals surface area contributed by atoms with Crippen molar-refractivity contribution in [1.29, 1.82) is 0 Å². The van der Waals surface area contributed by atoms with Crippen molar-refractivity contribution >= 4 is 17.7 Å². The molecule has 1 aromatic carbocycles. The molecule has 0 unspecified atom stereocenters. The molecule has 0 bridgehead atoms. The number of rotatable bonds is 6. The maximum absolute atomic E-state index is 11.8. The minimum Gasteiger partial charge on any atom is -0.376 e. The van der Waals surface area contributed by atoms with Crippen molar-refractivity contribution in [1.82, 2.24) is 15.3 Å². The predicted molar refractivity (Wildman–Crippen MR) is 95.1 cm³/mol. The van der Waals surface area contributed by atoms with E-state index in [2.05, 4.69) is 15.3 Å². The van der Waals surface area contributed by atoms with Gasteiger partial charge in [-0.15, -0.1) is 0 Å². The number of amides is 1. The molecule has 1 N–H and O–H groups in total. The highest BCUT2D eigenvalue weighted by atomic mass is 16.6. The number of carbonyl (C=O) groups is 1. The lowest BCUT2D eigenvalue weighted by molar-refractivity contribution is -0.384. The van der Waals surface area contributed by atoms with Crippen LogP contribution in [0.5, 0.6) is 0 Å². The SMILES string of the molecule is O=C(/C=C/c1cnc(-c2cccc([N+](=O)[O-])c2)nc1)NC[C@H]1CCCO1. The van der Waals surface area contributed by atoms with Crippen molar-refractivity contribution < 1.29 is 14.5 Å². The normalized spacial score (nSPS) is 16.7. The number of hydrogen-bond donors (Lipinski definition) is 1. The van der Waals surface area contributed by atoms with E-state index in [4.69, 9.17) is 4.74 Å². The van der Waals surface area contributed by atoms with E-state index in [1.807, 2.05) is 0 Å². The first-order valence-corrected chi connectivity index (χ1v) is 8.26. The number of hydrogen-bond acceptors (Lipinski definition) is 6. The fourth-order valence-electron chi connectivity index (χ4n) is 2.58. The molecule has 1 amide bonds. The molecule has 2 heterocycles. The second kappa shape index (κ2) is 8.30. The standard InChI is InChI=1S/C18H18N4O4/c23-17(19-12-16-5-2-8-26-16)7-6-13-10-20-18(21-11-13)14-3-1-4-15(9-14)22(24)25/h1,3-4,6-7,9-11,16H,2,5,8,12H2,(H,19,23)/b7-6+/t16-/m1/s1. The maximum atomic E-state index is 11.8. The van der Waals surface area contributed by atoms with Crippen LogP contribution in [0.4, 0.5) is 5.69 Å². The fourth-order valence-corrected chi connectivity index (χ4v) is 2.58. The zero-order chi connectivity index (χ0) is 18.4. The zero-order valence-electron chi connectivity index (χ0n) is 14.0. The Balaban J connectivity index is 1.59. The topological polar surface area (TPSA) is 107 Å². The lowest BCUT2D eigenvalue weighted by Gasteiger charge is -2.08. The molecule has 8 heteroatoms. The smallest absolute Gasteiger partial charge is 0.270 e. The average Bonchev–Trinajstić information content (AvgIpc) is 3.19. The van der Waals surface area contributed by atoms with Crippen molar-refractivity contribution in [2.75, 3.05) is 13.2 Å². The second-order valence-electron chi connectivity index (χ2n) is 5.86. The van der Waals surface area contributed by atoms with Crippen LogP contribution in [0.15, 0.2) is 42.7 Å². The van der Waals surface area contributed by atoms with Gasteiger partial charge in [0.25, 0.3) is 5.69 Å². The molecule has 1 aliphatic rings. The van der Waals surface area contributed by atoms with Crippen molar-refractivity contribution in [3.8, 4) is 11.4 Å². The number of ether oxygens (including phenoxy) is 1. The van der Waals surface area contributed by atoms with Crippen LogP contribution < -0.4 is 5.32 Å². The van der Waals surface area contributed by atoms with E-state index in [1.54, 1.807) is 30.6 Å². The first-order valence-electron chi connectivity index (χ1n) is 8.26. The number of nitrogens with one attached hydrogen (secondary N) is 1. The number of nitro benzene ring substituents is 1. The van der Waals surface area contributed by atoms with Gasteiger partial charge in [-0.3, -0.25) is 14.9 Å². The van der Waals surface area contributed by atoms with Crippen molar-refractivity contribution in [2.24, 2.45) is 0 Å². The summed E-state index contributed by atoms with van der Waals surface area (Å²) in [5.74, 6) is 0.178. The summed E-state index contributed by atoms with van der Waals surface area (Å²) < 4.78 is 5.44. The Hall–Kier alpha value is -3.13. The van der Waals surface area contributed by atoms with Gasteiger partial charge in [-0.25, -0.2) is 9.97 Å². The van der Waals surface area contributed by atoms with Crippen LogP contribution in [0.25, 0.3) is 17.5 Å². The first kappa shape index (κ1) is 17.7. The number of benzene rings is 1. The van der Waals surface area contributed by atoms with Crippen LogP contribution in [0, 0.1) is 10.1 Å². The van der Waals surface area contributed by atoms with E-state index in [0.717, 1.165) is 19.4 Å². The van der Waals surface area contributed by atoms with Crippen molar-refractivity contribution in [3.63, 3.8) is 0 Å². The molecule has 1 aliphatic heterocycles. The largest absolute Gasteiger partial charge is 0.376 e. The molecule has 1 saturated heterocycles. The molecule has 1 aromatic heterocycles. The second-order valence-corrected chi connectivity index (χ2v) is 5.86. The highest BCUT2D eigenvalue weighted by Crippen LogP contribution is 2.20. The predicted octanol–water partition coefficient (Wildman–Crippen LogP) is 2.36. The maximum Gasteiger partial charge on any atom is 0.270 e. The van der Waals surface area contributed by atoms with Crippen LogP contribution in [0.2, 0.25) is 0 Å². The summed E-state index contributed by atoms with van der Waals surface area (Å²) in [6.45, 7) is 1.26. The van der Waals surface area contributed by atoms with Crippen LogP contribution >= 0.6 is 0 Å². The summed E-state index contributed by atoms with van der Waals surface area (Å²) in [4.78, 5) is 30.6. The van der Waals surface area contributed by atoms with Gasteiger partial charge in [0, 0.05) is 54.9 Å². The Labute approximate surface area is 150 Å². The van der Waals surface area contributed by atoms with Gasteiger partial charge in [0.2, 0.25) is 5.91 Å². The molecule has 26 heavy (non-hydrogen) atoms. The van der Waals surface area contributed by atoms with Crippen LogP contribution in [0.3, 0.4) is 0 Å². The number of nitrogens with zero attached hydrogens (tertiary/aromatic N) is 3. The molecule has 8 nitrogen and oxygen atoms in total. The Kier molecular flexibility index (Phi) is 5.65. The molecular formula is C18H18N4O4. The molecule has 2 aromatic rings. The van der Waals surface area contributed by atoms with Gasteiger partial charge in [0.15, 0.2) is 5.82 Å². The number of nitro groups is 1. The van der Waals surface area contributed by atoms with Gasteiger partial charge in [-0.05, 0) is 18.9 Å². The third kappa shape index (κ3) is 4.70. The monoisotopic (exact) mass is 354 g/mol. The average molecular weight is 354 g/mol. The summed E-state index contributed by atoms with van der Waals surface area (Å²) in [5, 5.41) is 13.6. The third-order valence-electron chi connectivity index (χ3n) is 3.94. The summed E-state index contributed by atoms with van der Waals surface area (Å²) in [6, 6.07) is 6.12. The van der Waals surface area contributed by atoms with Crippen LogP contribution in [-0.2, 0) is 9.53 Å². The van der Waals surface area contributed by atoms with Crippen molar-refractivity contribution in [2.45, 2.75) is 18.9 Å². The molecule has 0 aliphatic carbocycles. The highest BCUT2D eigenvalue weighted by molar-refractivity contribution is 5.91. The Bertz CT molecular complexity index is 814. The molecule has 0 saturated carbocycles. The number of non-ortho nitro benzene ring substituents is 1. The molecule has 0 spiro atoms. The lowest BCUT2D eigenvalue weighted by Crippen LogP contribution is -2.30. The quantitative estimate of drug-likeness (QED) is 0.485. The van der Waals surface area contributed by atoms with E-state index in [9.17, 15) is 14.9 Å². The number of aromatic nitrogens is 2. The van der Waals surface area contributed by atoms with Gasteiger partial charge >= 0.3 is 0 Å². The molecule has 1 fully saturated rings. The zero-order valence-corrected chi connectivity index (χ0v) is 14.0. The van der Waals surface area contributed by atoms with Gasteiger partial charge in [0.1, 0.15) is 0 Å². The van der Waals surface area contributed by atoms with Gasteiger partial charge in [-0.1, -0.05) is 12.1 Å². The van der Waals surface area contributed by atoms with E-state index >= 15 is 0 Å². The van der Waals surface area contributed by atoms with Crippen molar-refractivity contribution in [3.05, 3.63) is 58.4 Å². The Morgan fingerprint density at radius 2 is 2.19 bits per heavy atom. The summed E-state index contributed by atoms with van der Waals surface area (Å²) in [5.41, 5.74) is 1.20. The van der Waals surface area contributed by atoms with E-state index in [-0.39, 0.29) is 17.7 Å². The minimum atomic E-state index is -0.462. The molecule has 3 rings (SSSR count). The Morgan fingerprint density at radius 1 is 1.38 bits per heavy atom. The fraction of sp³-hybridized carbons (Fsp3) is 0.278. The summed E-state index contributed by atoms with van der Waals surface area (Å²) in [7, 11) is 0. The summed E-state index contributed by atoms with van der Waals surface area (Å²) >= 11 is 0. The molecular weight excluding hydrogens is 336 g/mol. The van der Waals surface area contributed by atoms with Crippen LogP contribution in [-0.4, -0.2) is 40.1 Å². The third-order valence-corrected chi connectivity index (χ3v) is 3.94. The molecule has 1 atom stereocenters. The Morgan fingerprint density at radius 3 is 2.88 bits per heavy atom. The first-order chi connectivity index (χ1) is 12.6.